The summed E-state index contributed by atoms with van der Waals surface area (Å²) in [6.07, 6.45) is 6.46. The normalized spacial score (nSPS) is 23.5. The standard InChI is InChI=1S/C37H50FN5O3/c1-25-39-31-12-7-8-13-32(31)43(25)30-23-28-14-15-29(24-30)42(28)21-18-37(26-10-9-11-27(38)22-26)16-19-41(20-17-37)33(44)36(5,6)40-34(45)46-35(2,3)4/h7-13,22,28-30H,14-21,23-24H2,1-6H3,(H,40,45). The molecule has 2 bridgehead atoms. The van der Waals surface area contributed by atoms with Gasteiger partial charge in [0.05, 0.1) is 11.0 Å². The minimum Gasteiger partial charge on any atom is -0.444 e. The molecule has 1 aromatic heterocycles. The first-order valence-electron chi connectivity index (χ1n) is 17.0. The number of halogens is 1. The summed E-state index contributed by atoms with van der Waals surface area (Å²) in [4.78, 5) is 35.6. The van der Waals surface area contributed by atoms with Gasteiger partial charge < -0.3 is 19.5 Å². The molecule has 1 N–H and O–H groups in total. The van der Waals surface area contributed by atoms with Gasteiger partial charge in [0.15, 0.2) is 0 Å². The van der Waals surface area contributed by atoms with Gasteiger partial charge in [-0.05, 0) is 128 Å². The lowest BCUT2D eigenvalue weighted by Gasteiger charge is -2.46. The van der Waals surface area contributed by atoms with E-state index in [1.54, 1.807) is 40.7 Å². The Kier molecular flexibility index (Phi) is 8.68. The van der Waals surface area contributed by atoms with Gasteiger partial charge in [0.25, 0.3) is 0 Å². The summed E-state index contributed by atoms with van der Waals surface area (Å²) in [6.45, 7) is 13.0. The molecule has 2 aromatic carbocycles. The monoisotopic (exact) mass is 631 g/mol. The summed E-state index contributed by atoms with van der Waals surface area (Å²) in [5.74, 6) is 0.741. The van der Waals surface area contributed by atoms with Gasteiger partial charge in [0, 0.05) is 31.2 Å². The first-order valence-corrected chi connectivity index (χ1v) is 17.0. The van der Waals surface area contributed by atoms with Crippen LogP contribution in [0, 0.1) is 12.7 Å². The number of aryl methyl sites for hydroxylation is 1. The van der Waals surface area contributed by atoms with Gasteiger partial charge in [-0.3, -0.25) is 9.69 Å². The number of nitrogens with zero attached hydrogens (tertiary/aromatic N) is 4. The Balaban J connectivity index is 1.14. The highest BCUT2D eigenvalue weighted by atomic mass is 19.1. The van der Waals surface area contributed by atoms with Crippen molar-refractivity contribution in [2.24, 2.45) is 0 Å². The summed E-state index contributed by atoms with van der Waals surface area (Å²) < 4.78 is 22.5. The van der Waals surface area contributed by atoms with Crippen LogP contribution in [0.25, 0.3) is 11.0 Å². The SMILES string of the molecule is Cc1nc2ccccc2n1C1CC2CCC(C1)N2CCC1(c2cccc(F)c2)CCN(C(=O)C(C)(C)NC(=O)OC(C)(C)C)CC1. The summed E-state index contributed by atoms with van der Waals surface area (Å²) in [6, 6.07) is 17.0. The molecule has 3 fully saturated rings. The third-order valence-corrected chi connectivity index (χ3v) is 10.6. The zero-order valence-electron chi connectivity index (χ0n) is 28.3. The van der Waals surface area contributed by atoms with Crippen molar-refractivity contribution in [1.29, 1.82) is 0 Å². The molecule has 4 heterocycles. The van der Waals surface area contributed by atoms with Crippen molar-refractivity contribution in [3.63, 3.8) is 0 Å². The number of ether oxygens (including phenoxy) is 1. The van der Waals surface area contributed by atoms with E-state index < -0.39 is 17.2 Å². The van der Waals surface area contributed by atoms with Gasteiger partial charge in [-0.2, -0.15) is 0 Å². The lowest BCUT2D eigenvalue weighted by atomic mass is 9.70. The van der Waals surface area contributed by atoms with Crippen LogP contribution >= 0.6 is 0 Å². The molecule has 248 valence electrons. The zero-order chi connectivity index (χ0) is 32.9. The van der Waals surface area contributed by atoms with Crippen molar-refractivity contribution in [3.8, 4) is 0 Å². The molecule has 2 unspecified atom stereocenters. The number of carbonyl (C=O) groups is 2. The molecule has 46 heavy (non-hydrogen) atoms. The summed E-state index contributed by atoms with van der Waals surface area (Å²) in [7, 11) is 0. The number of alkyl carbamates (subject to hydrolysis) is 1. The topological polar surface area (TPSA) is 79.7 Å². The number of piperidine rings is 2. The predicted molar refractivity (Wildman–Crippen MR) is 178 cm³/mol. The van der Waals surface area contributed by atoms with E-state index in [9.17, 15) is 14.0 Å². The van der Waals surface area contributed by atoms with Crippen LogP contribution in [0.5, 0.6) is 0 Å². The molecular formula is C37H50FN5O3. The Hall–Kier alpha value is -3.46. The average molecular weight is 632 g/mol. The highest BCUT2D eigenvalue weighted by Crippen LogP contribution is 2.45. The largest absolute Gasteiger partial charge is 0.444 e. The molecule has 0 radical (unpaired) electrons. The van der Waals surface area contributed by atoms with Crippen molar-refractivity contribution >= 4 is 23.0 Å². The summed E-state index contributed by atoms with van der Waals surface area (Å²) in [5.41, 5.74) is 1.34. The minimum atomic E-state index is -1.11. The number of benzene rings is 2. The van der Waals surface area contributed by atoms with Crippen LogP contribution in [0.3, 0.4) is 0 Å². The van der Waals surface area contributed by atoms with E-state index in [0.717, 1.165) is 55.6 Å². The fourth-order valence-electron chi connectivity index (χ4n) is 8.44. The Labute approximate surface area is 272 Å². The molecule has 0 saturated carbocycles. The van der Waals surface area contributed by atoms with Crippen LogP contribution < -0.4 is 5.32 Å². The molecule has 8 nitrogen and oxygen atoms in total. The van der Waals surface area contributed by atoms with Crippen molar-refractivity contribution in [3.05, 3.63) is 65.7 Å². The van der Waals surface area contributed by atoms with E-state index in [1.807, 2.05) is 11.0 Å². The number of imidazole rings is 1. The summed E-state index contributed by atoms with van der Waals surface area (Å²) in [5, 5.41) is 2.77. The maximum Gasteiger partial charge on any atom is 0.408 e. The van der Waals surface area contributed by atoms with E-state index in [-0.39, 0.29) is 17.1 Å². The van der Waals surface area contributed by atoms with E-state index in [1.165, 1.54) is 24.4 Å². The van der Waals surface area contributed by atoms with Crippen LogP contribution in [0.15, 0.2) is 48.5 Å². The first kappa shape index (κ1) is 32.5. The second-order valence-electron chi connectivity index (χ2n) is 15.4. The zero-order valence-corrected chi connectivity index (χ0v) is 28.3. The predicted octanol–water partition coefficient (Wildman–Crippen LogP) is 6.91. The number of rotatable bonds is 7. The number of amides is 2. The number of carbonyl (C=O) groups excluding carboxylic acids is 2. The van der Waals surface area contributed by atoms with Gasteiger partial charge >= 0.3 is 6.09 Å². The van der Waals surface area contributed by atoms with Crippen LogP contribution in [0.4, 0.5) is 9.18 Å². The molecule has 0 spiro atoms. The van der Waals surface area contributed by atoms with Gasteiger partial charge in [0.2, 0.25) is 5.91 Å². The Morgan fingerprint density at radius 1 is 0.978 bits per heavy atom. The number of aromatic nitrogens is 2. The van der Waals surface area contributed by atoms with Gasteiger partial charge in [-0.25, -0.2) is 14.2 Å². The number of hydrogen-bond donors (Lipinski definition) is 1. The minimum absolute atomic E-state index is 0.131. The number of para-hydroxylation sites is 2. The van der Waals surface area contributed by atoms with Crippen LogP contribution in [-0.4, -0.2) is 74.2 Å². The van der Waals surface area contributed by atoms with Crippen LogP contribution in [-0.2, 0) is 14.9 Å². The Morgan fingerprint density at radius 2 is 1.65 bits per heavy atom. The second kappa shape index (κ2) is 12.3. The van der Waals surface area contributed by atoms with E-state index in [2.05, 4.69) is 52.0 Å². The maximum absolute atomic E-state index is 14.6. The molecule has 3 aliphatic rings. The van der Waals surface area contributed by atoms with Crippen molar-refractivity contribution in [1.82, 2.24) is 24.7 Å². The lowest BCUT2D eigenvalue weighted by molar-refractivity contribution is -0.138. The molecule has 3 aromatic rings. The van der Waals surface area contributed by atoms with E-state index in [0.29, 0.717) is 31.2 Å². The molecule has 2 amide bonds. The summed E-state index contributed by atoms with van der Waals surface area (Å²) >= 11 is 0. The smallest absolute Gasteiger partial charge is 0.408 e. The van der Waals surface area contributed by atoms with Crippen molar-refractivity contribution < 1.29 is 18.7 Å². The molecule has 3 saturated heterocycles. The molecule has 0 aliphatic carbocycles. The lowest BCUT2D eigenvalue weighted by Crippen LogP contribution is -2.59. The van der Waals surface area contributed by atoms with Gasteiger partial charge in [-0.15, -0.1) is 0 Å². The number of fused-ring (bicyclic) bond motifs is 3. The van der Waals surface area contributed by atoms with E-state index in [4.69, 9.17) is 9.72 Å². The van der Waals surface area contributed by atoms with Crippen molar-refractivity contribution in [2.45, 2.75) is 121 Å². The fraction of sp³-hybridized carbons (Fsp3) is 0.595. The molecule has 9 heteroatoms. The van der Waals surface area contributed by atoms with Crippen LogP contribution in [0.1, 0.15) is 97.0 Å². The number of likely N-dealkylation sites (tertiary alicyclic amines) is 1. The number of hydrogen-bond acceptors (Lipinski definition) is 5. The molecule has 6 rings (SSSR count). The average Bonchev–Trinajstić information content (AvgIpc) is 3.45. The maximum atomic E-state index is 14.6. The third kappa shape index (κ3) is 6.53. The Morgan fingerprint density at radius 3 is 2.30 bits per heavy atom. The second-order valence-corrected chi connectivity index (χ2v) is 15.4. The Bertz CT molecular complexity index is 1570. The molecular weight excluding hydrogens is 581 g/mol. The van der Waals surface area contributed by atoms with Crippen LogP contribution in [0.2, 0.25) is 0 Å². The molecule has 2 atom stereocenters. The van der Waals surface area contributed by atoms with Crippen molar-refractivity contribution in [2.75, 3.05) is 19.6 Å². The quantitative estimate of drug-likeness (QED) is 0.307. The van der Waals surface area contributed by atoms with Gasteiger partial charge in [-0.1, -0.05) is 24.3 Å². The fourth-order valence-corrected chi connectivity index (χ4v) is 8.44. The highest BCUT2D eigenvalue weighted by Gasteiger charge is 2.45. The third-order valence-electron chi connectivity index (χ3n) is 10.6. The first-order chi connectivity index (χ1) is 21.7. The number of nitrogens with one attached hydrogen (secondary N) is 1. The van der Waals surface area contributed by atoms with E-state index >= 15 is 0 Å². The molecule has 3 aliphatic heterocycles. The highest BCUT2D eigenvalue weighted by molar-refractivity contribution is 5.89. The van der Waals surface area contributed by atoms with Gasteiger partial charge in [0.1, 0.15) is 22.8 Å².